The van der Waals surface area contributed by atoms with Gasteiger partial charge >= 0.3 is 0 Å². The predicted octanol–water partition coefficient (Wildman–Crippen LogP) is 1.93. The lowest BCUT2D eigenvalue weighted by molar-refractivity contribution is -0.115. The summed E-state index contributed by atoms with van der Waals surface area (Å²) < 4.78 is 0. The molecule has 1 amide bonds. The van der Waals surface area contributed by atoms with Crippen molar-refractivity contribution in [3.63, 3.8) is 0 Å². The van der Waals surface area contributed by atoms with Gasteiger partial charge in [0.1, 0.15) is 0 Å². The minimum absolute atomic E-state index is 0.00110. The standard InChI is InChI=1S/C15H24N2O2/c1-12-4-6-13(7-5-12)17-14(19)10-16-11-15(2,3)8-9-18/h4-7,16,18H,8-11H2,1-3H3,(H,17,19). The Morgan fingerprint density at radius 3 is 2.47 bits per heavy atom. The maximum absolute atomic E-state index is 11.7. The van der Waals surface area contributed by atoms with Gasteiger partial charge in [-0.15, -0.1) is 0 Å². The van der Waals surface area contributed by atoms with Crippen LogP contribution >= 0.6 is 0 Å². The number of carbonyl (C=O) groups is 1. The third kappa shape index (κ3) is 6.36. The predicted molar refractivity (Wildman–Crippen MR) is 78.2 cm³/mol. The van der Waals surface area contributed by atoms with Gasteiger partial charge in [-0.25, -0.2) is 0 Å². The number of aryl methyl sites for hydroxylation is 1. The van der Waals surface area contributed by atoms with Crippen molar-refractivity contribution in [3.05, 3.63) is 29.8 Å². The number of hydrogen-bond acceptors (Lipinski definition) is 3. The van der Waals surface area contributed by atoms with Crippen molar-refractivity contribution in [2.24, 2.45) is 5.41 Å². The fraction of sp³-hybridized carbons (Fsp3) is 0.533. The second-order valence-electron chi connectivity index (χ2n) is 5.66. The average Bonchev–Trinajstić information content (AvgIpc) is 2.31. The van der Waals surface area contributed by atoms with Crippen molar-refractivity contribution >= 4 is 11.6 Å². The molecule has 0 aliphatic carbocycles. The van der Waals surface area contributed by atoms with Gasteiger partial charge in [-0.3, -0.25) is 4.79 Å². The van der Waals surface area contributed by atoms with Gasteiger partial charge in [-0.05, 0) is 30.9 Å². The van der Waals surface area contributed by atoms with Crippen molar-refractivity contribution in [1.29, 1.82) is 0 Å². The summed E-state index contributed by atoms with van der Waals surface area (Å²) in [6.07, 6.45) is 0.722. The Labute approximate surface area is 115 Å². The lowest BCUT2D eigenvalue weighted by atomic mass is 9.90. The van der Waals surface area contributed by atoms with Crippen molar-refractivity contribution in [2.45, 2.75) is 27.2 Å². The topological polar surface area (TPSA) is 61.4 Å². The fourth-order valence-corrected chi connectivity index (χ4v) is 1.75. The molecule has 0 aliphatic heterocycles. The third-order valence-electron chi connectivity index (χ3n) is 3.01. The van der Waals surface area contributed by atoms with E-state index in [0.29, 0.717) is 6.54 Å². The highest BCUT2D eigenvalue weighted by molar-refractivity contribution is 5.92. The van der Waals surface area contributed by atoms with E-state index in [0.717, 1.165) is 12.1 Å². The number of hydrogen-bond donors (Lipinski definition) is 3. The third-order valence-corrected chi connectivity index (χ3v) is 3.01. The van der Waals surface area contributed by atoms with Crippen molar-refractivity contribution in [2.75, 3.05) is 25.0 Å². The van der Waals surface area contributed by atoms with Gasteiger partial charge < -0.3 is 15.7 Å². The van der Waals surface area contributed by atoms with Crippen LogP contribution in [0.4, 0.5) is 5.69 Å². The molecule has 1 rings (SSSR count). The molecule has 106 valence electrons. The van der Waals surface area contributed by atoms with Crippen LogP contribution in [0.2, 0.25) is 0 Å². The number of rotatable bonds is 7. The summed E-state index contributed by atoms with van der Waals surface area (Å²) >= 11 is 0. The lowest BCUT2D eigenvalue weighted by Crippen LogP contribution is -2.35. The molecule has 0 atom stereocenters. The lowest BCUT2D eigenvalue weighted by Gasteiger charge is -2.23. The molecule has 0 unspecified atom stereocenters. The zero-order valence-corrected chi connectivity index (χ0v) is 12.0. The minimum atomic E-state index is -0.0522. The molecule has 4 heteroatoms. The zero-order valence-electron chi connectivity index (χ0n) is 12.0. The molecule has 0 aromatic heterocycles. The zero-order chi connectivity index (χ0) is 14.3. The Bertz CT molecular complexity index is 399. The second-order valence-corrected chi connectivity index (χ2v) is 5.66. The van der Waals surface area contributed by atoms with Crippen molar-refractivity contribution in [3.8, 4) is 0 Å². The van der Waals surface area contributed by atoms with E-state index in [1.54, 1.807) is 0 Å². The van der Waals surface area contributed by atoms with E-state index in [4.69, 9.17) is 5.11 Å². The van der Waals surface area contributed by atoms with E-state index in [-0.39, 0.29) is 24.5 Å². The Morgan fingerprint density at radius 2 is 1.89 bits per heavy atom. The summed E-state index contributed by atoms with van der Waals surface area (Å²) in [5.74, 6) is -0.0522. The minimum Gasteiger partial charge on any atom is -0.396 e. The molecular formula is C15H24N2O2. The molecule has 1 aromatic rings. The average molecular weight is 264 g/mol. The van der Waals surface area contributed by atoms with Crippen LogP contribution in [0.3, 0.4) is 0 Å². The number of anilines is 1. The Morgan fingerprint density at radius 1 is 1.26 bits per heavy atom. The van der Waals surface area contributed by atoms with Crippen LogP contribution in [0, 0.1) is 12.3 Å². The van der Waals surface area contributed by atoms with Crippen LogP contribution in [0.5, 0.6) is 0 Å². The molecule has 0 fully saturated rings. The Kier molecular flexibility index (Phi) is 5.99. The fourth-order valence-electron chi connectivity index (χ4n) is 1.75. The maximum atomic E-state index is 11.7. The van der Waals surface area contributed by atoms with Crippen LogP contribution in [0.25, 0.3) is 0 Å². The first-order valence-electron chi connectivity index (χ1n) is 6.61. The first-order chi connectivity index (χ1) is 8.93. The largest absolute Gasteiger partial charge is 0.396 e. The summed E-state index contributed by atoms with van der Waals surface area (Å²) in [7, 11) is 0. The van der Waals surface area contributed by atoms with Crippen LogP contribution < -0.4 is 10.6 Å². The smallest absolute Gasteiger partial charge is 0.238 e. The maximum Gasteiger partial charge on any atom is 0.238 e. The number of aliphatic hydroxyl groups excluding tert-OH is 1. The monoisotopic (exact) mass is 264 g/mol. The number of amides is 1. The molecule has 0 bridgehead atoms. The number of benzene rings is 1. The highest BCUT2D eigenvalue weighted by Crippen LogP contribution is 2.17. The molecule has 0 spiro atoms. The molecule has 0 saturated carbocycles. The van der Waals surface area contributed by atoms with E-state index in [2.05, 4.69) is 24.5 Å². The van der Waals surface area contributed by atoms with E-state index in [9.17, 15) is 4.79 Å². The first kappa shape index (κ1) is 15.7. The molecular weight excluding hydrogens is 240 g/mol. The highest BCUT2D eigenvalue weighted by Gasteiger charge is 2.16. The molecule has 0 radical (unpaired) electrons. The summed E-state index contributed by atoms with van der Waals surface area (Å²) in [6.45, 7) is 7.29. The van der Waals surface area contributed by atoms with Gasteiger partial charge in [0, 0.05) is 18.8 Å². The van der Waals surface area contributed by atoms with Gasteiger partial charge in [0.25, 0.3) is 0 Å². The van der Waals surface area contributed by atoms with Gasteiger partial charge in [0.05, 0.1) is 6.54 Å². The van der Waals surface area contributed by atoms with Gasteiger partial charge in [0.15, 0.2) is 0 Å². The first-order valence-corrected chi connectivity index (χ1v) is 6.61. The van der Waals surface area contributed by atoms with Crippen LogP contribution in [0.15, 0.2) is 24.3 Å². The number of carbonyl (C=O) groups excluding carboxylic acids is 1. The number of nitrogens with one attached hydrogen (secondary N) is 2. The summed E-state index contributed by atoms with van der Waals surface area (Å²) in [5, 5.41) is 14.9. The van der Waals surface area contributed by atoms with E-state index >= 15 is 0 Å². The van der Waals surface area contributed by atoms with E-state index in [1.807, 2.05) is 31.2 Å². The number of aliphatic hydroxyl groups is 1. The van der Waals surface area contributed by atoms with Crippen molar-refractivity contribution in [1.82, 2.24) is 5.32 Å². The van der Waals surface area contributed by atoms with Crippen LogP contribution in [-0.4, -0.2) is 30.7 Å². The Hall–Kier alpha value is -1.39. The van der Waals surface area contributed by atoms with Gasteiger partial charge in [-0.2, -0.15) is 0 Å². The molecule has 0 saturated heterocycles. The summed E-state index contributed by atoms with van der Waals surface area (Å²) in [5.41, 5.74) is 1.98. The van der Waals surface area contributed by atoms with Gasteiger partial charge in [0.2, 0.25) is 5.91 Å². The summed E-state index contributed by atoms with van der Waals surface area (Å²) in [6, 6.07) is 7.71. The van der Waals surface area contributed by atoms with E-state index < -0.39 is 0 Å². The van der Waals surface area contributed by atoms with Crippen LogP contribution in [-0.2, 0) is 4.79 Å². The quantitative estimate of drug-likeness (QED) is 0.705. The molecule has 0 aliphatic rings. The molecule has 4 nitrogen and oxygen atoms in total. The second kappa shape index (κ2) is 7.26. The molecule has 3 N–H and O–H groups in total. The highest BCUT2D eigenvalue weighted by atomic mass is 16.3. The molecule has 0 heterocycles. The van der Waals surface area contributed by atoms with Crippen molar-refractivity contribution < 1.29 is 9.90 Å². The SMILES string of the molecule is Cc1ccc(NC(=O)CNCC(C)(C)CCO)cc1. The van der Waals surface area contributed by atoms with E-state index in [1.165, 1.54) is 5.56 Å². The van der Waals surface area contributed by atoms with Crippen LogP contribution in [0.1, 0.15) is 25.8 Å². The Balaban J connectivity index is 2.30. The van der Waals surface area contributed by atoms with Gasteiger partial charge in [-0.1, -0.05) is 31.5 Å². The normalized spacial score (nSPS) is 11.4. The summed E-state index contributed by atoms with van der Waals surface area (Å²) in [4.78, 5) is 11.7. The molecule has 1 aromatic carbocycles. The molecule has 19 heavy (non-hydrogen) atoms.